The van der Waals surface area contributed by atoms with Gasteiger partial charge in [-0.1, -0.05) is 44.2 Å². The molecule has 4 rings (SSSR count). The topological polar surface area (TPSA) is 75.5 Å². The molecule has 7 nitrogen and oxygen atoms in total. The number of aromatic nitrogens is 2. The number of benzene rings is 2. The fraction of sp³-hybridized carbons (Fsp3) is 0.385. The summed E-state index contributed by atoms with van der Waals surface area (Å²) in [7, 11) is -1.76. The molecule has 0 atom stereocenters. The quantitative estimate of drug-likeness (QED) is 0.511. The highest BCUT2D eigenvalue weighted by molar-refractivity contribution is 7.89. The molecule has 2 heterocycles. The van der Waals surface area contributed by atoms with Crippen molar-refractivity contribution in [1.29, 1.82) is 0 Å². The summed E-state index contributed by atoms with van der Waals surface area (Å²) in [4.78, 5) is 15.1. The summed E-state index contributed by atoms with van der Waals surface area (Å²) >= 11 is 0. The van der Waals surface area contributed by atoms with Crippen molar-refractivity contribution >= 4 is 15.9 Å². The largest absolute Gasteiger partial charge is 0.341 e. The summed E-state index contributed by atoms with van der Waals surface area (Å²) < 4.78 is 29.4. The van der Waals surface area contributed by atoms with Crippen LogP contribution in [0.25, 0.3) is 5.69 Å². The van der Waals surface area contributed by atoms with Gasteiger partial charge in [0.25, 0.3) is 0 Å². The van der Waals surface area contributed by atoms with E-state index in [1.165, 1.54) is 4.31 Å². The lowest BCUT2D eigenvalue weighted by atomic mass is 9.96. The van der Waals surface area contributed by atoms with Gasteiger partial charge in [0, 0.05) is 44.4 Å². The molecule has 0 saturated carbocycles. The van der Waals surface area contributed by atoms with Crippen LogP contribution in [0, 0.1) is 5.92 Å². The van der Waals surface area contributed by atoms with Crippen LogP contribution in [0.1, 0.15) is 43.7 Å². The van der Waals surface area contributed by atoms with Gasteiger partial charge in [-0.05, 0) is 48.6 Å². The first-order chi connectivity index (χ1) is 16.3. The van der Waals surface area contributed by atoms with Gasteiger partial charge in [0.05, 0.1) is 16.8 Å². The van der Waals surface area contributed by atoms with Gasteiger partial charge in [-0.2, -0.15) is 9.40 Å². The van der Waals surface area contributed by atoms with Crippen molar-refractivity contribution < 1.29 is 13.2 Å². The highest BCUT2D eigenvalue weighted by Gasteiger charge is 2.33. The zero-order chi connectivity index (χ0) is 24.3. The predicted octanol–water partition coefficient (Wildman–Crippen LogP) is 4.06. The van der Waals surface area contributed by atoms with Crippen molar-refractivity contribution in [2.24, 2.45) is 5.92 Å². The van der Waals surface area contributed by atoms with Crippen LogP contribution in [0.3, 0.4) is 0 Å². The summed E-state index contributed by atoms with van der Waals surface area (Å²) in [6, 6.07) is 17.0. The van der Waals surface area contributed by atoms with Gasteiger partial charge < -0.3 is 4.90 Å². The lowest BCUT2D eigenvalue weighted by molar-refractivity contribution is -0.135. The summed E-state index contributed by atoms with van der Waals surface area (Å²) in [5.41, 5.74) is 3.03. The van der Waals surface area contributed by atoms with Crippen molar-refractivity contribution in [1.82, 2.24) is 19.0 Å². The molecular formula is C26H32N4O3S. The fourth-order valence-corrected chi connectivity index (χ4v) is 5.81. The molecule has 0 aliphatic carbocycles. The number of hydrogen-bond acceptors (Lipinski definition) is 4. The normalized spacial score (nSPS) is 15.5. The maximum absolute atomic E-state index is 13.1. The Bertz CT molecular complexity index is 1210. The minimum absolute atomic E-state index is 0.0470. The number of piperidine rings is 1. The molecule has 0 N–H and O–H groups in total. The molecule has 1 amide bonds. The zero-order valence-corrected chi connectivity index (χ0v) is 20.8. The Balaban J connectivity index is 1.33. The van der Waals surface area contributed by atoms with E-state index in [-0.39, 0.29) is 11.8 Å². The van der Waals surface area contributed by atoms with Gasteiger partial charge in [-0.3, -0.25) is 4.79 Å². The second-order valence-electron chi connectivity index (χ2n) is 9.23. The van der Waals surface area contributed by atoms with Crippen LogP contribution in [0.4, 0.5) is 0 Å². The van der Waals surface area contributed by atoms with Crippen LogP contribution in [0.15, 0.2) is 71.9 Å². The second-order valence-corrected chi connectivity index (χ2v) is 11.2. The van der Waals surface area contributed by atoms with Gasteiger partial charge >= 0.3 is 0 Å². The summed E-state index contributed by atoms with van der Waals surface area (Å²) in [6.45, 7) is 5.33. The molecule has 8 heteroatoms. The molecule has 0 radical (unpaired) electrons. The van der Waals surface area contributed by atoms with Gasteiger partial charge in [0.15, 0.2) is 0 Å². The summed E-state index contributed by atoms with van der Waals surface area (Å²) in [5.74, 6) is 0.220. The molecule has 0 spiro atoms. The third kappa shape index (κ3) is 5.23. The van der Waals surface area contributed by atoms with Crippen LogP contribution in [-0.4, -0.2) is 53.4 Å². The number of hydrogen-bond donors (Lipinski definition) is 0. The van der Waals surface area contributed by atoms with E-state index >= 15 is 0 Å². The van der Waals surface area contributed by atoms with Crippen molar-refractivity contribution in [2.75, 3.05) is 20.1 Å². The molecule has 1 aliphatic heterocycles. The van der Waals surface area contributed by atoms with Crippen LogP contribution in [-0.2, 0) is 21.4 Å². The van der Waals surface area contributed by atoms with Crippen LogP contribution in [0.2, 0.25) is 0 Å². The third-order valence-corrected chi connectivity index (χ3v) is 8.35. The maximum atomic E-state index is 13.1. The number of rotatable bonds is 7. The molecule has 1 fully saturated rings. The van der Waals surface area contributed by atoms with E-state index < -0.39 is 10.0 Å². The average molecular weight is 481 g/mol. The number of sulfonamides is 1. The van der Waals surface area contributed by atoms with Crippen molar-refractivity contribution in [2.45, 2.75) is 44.0 Å². The van der Waals surface area contributed by atoms with E-state index in [1.807, 2.05) is 48.7 Å². The van der Waals surface area contributed by atoms with Crippen LogP contribution < -0.4 is 0 Å². The van der Waals surface area contributed by atoms with E-state index in [0.717, 1.165) is 16.8 Å². The maximum Gasteiger partial charge on any atom is 0.243 e. The number of amides is 1. The number of carbonyl (C=O) groups excluding carboxylic acids is 1. The SMILES string of the molecule is CC(C)c1ccc(S(=O)(=O)N2CCC(C(=O)N(C)Cc3cnn(-c4ccccc4)c3)CC2)cc1. The molecule has 0 unspecified atom stereocenters. The Kier molecular flexibility index (Phi) is 7.19. The molecule has 34 heavy (non-hydrogen) atoms. The van der Waals surface area contributed by atoms with Gasteiger partial charge in [0.1, 0.15) is 0 Å². The Morgan fingerprint density at radius 3 is 2.32 bits per heavy atom. The van der Waals surface area contributed by atoms with Gasteiger partial charge in [-0.15, -0.1) is 0 Å². The van der Waals surface area contributed by atoms with Crippen LogP contribution >= 0.6 is 0 Å². The highest BCUT2D eigenvalue weighted by atomic mass is 32.2. The molecule has 2 aromatic carbocycles. The van der Waals surface area contributed by atoms with E-state index in [2.05, 4.69) is 18.9 Å². The average Bonchev–Trinajstić information content (AvgIpc) is 3.32. The van der Waals surface area contributed by atoms with E-state index in [1.54, 1.807) is 35.0 Å². The lowest BCUT2D eigenvalue weighted by Crippen LogP contribution is -2.43. The summed E-state index contributed by atoms with van der Waals surface area (Å²) in [6.07, 6.45) is 4.75. The lowest BCUT2D eigenvalue weighted by Gasteiger charge is -2.32. The first-order valence-corrected chi connectivity index (χ1v) is 13.1. The Labute approximate surface area is 202 Å². The van der Waals surface area contributed by atoms with Crippen molar-refractivity contribution in [3.63, 3.8) is 0 Å². The van der Waals surface area contributed by atoms with Gasteiger partial charge in [-0.25, -0.2) is 13.1 Å². The van der Waals surface area contributed by atoms with Gasteiger partial charge in [0.2, 0.25) is 15.9 Å². The number of para-hydroxylation sites is 1. The number of carbonyl (C=O) groups is 1. The van der Waals surface area contributed by atoms with Crippen LogP contribution in [0.5, 0.6) is 0 Å². The molecule has 180 valence electrons. The van der Waals surface area contributed by atoms with Crippen molar-refractivity contribution in [3.8, 4) is 5.69 Å². The zero-order valence-electron chi connectivity index (χ0n) is 20.0. The molecule has 1 saturated heterocycles. The first-order valence-electron chi connectivity index (χ1n) is 11.7. The standard InChI is InChI=1S/C26H32N4O3S/c1-20(2)22-9-11-25(12-10-22)34(32,33)29-15-13-23(14-16-29)26(31)28(3)18-21-17-27-30(19-21)24-7-5-4-6-8-24/h4-12,17,19-20,23H,13-16,18H2,1-3H3. The first kappa shape index (κ1) is 24.2. The number of nitrogens with zero attached hydrogens (tertiary/aromatic N) is 4. The van der Waals surface area contributed by atoms with E-state index in [0.29, 0.717) is 43.3 Å². The van der Waals surface area contributed by atoms with E-state index in [4.69, 9.17) is 0 Å². The highest BCUT2D eigenvalue weighted by Crippen LogP contribution is 2.26. The Morgan fingerprint density at radius 1 is 1.06 bits per heavy atom. The minimum atomic E-state index is -3.55. The fourth-order valence-electron chi connectivity index (χ4n) is 4.34. The Morgan fingerprint density at radius 2 is 1.71 bits per heavy atom. The second kappa shape index (κ2) is 10.1. The Hall–Kier alpha value is -2.97. The minimum Gasteiger partial charge on any atom is -0.341 e. The molecular weight excluding hydrogens is 448 g/mol. The van der Waals surface area contributed by atoms with Crippen molar-refractivity contribution in [3.05, 3.63) is 78.1 Å². The smallest absolute Gasteiger partial charge is 0.243 e. The molecule has 0 bridgehead atoms. The molecule has 1 aliphatic rings. The van der Waals surface area contributed by atoms with E-state index in [9.17, 15) is 13.2 Å². The molecule has 3 aromatic rings. The predicted molar refractivity (Wildman–Crippen MR) is 132 cm³/mol. The monoisotopic (exact) mass is 480 g/mol. The summed E-state index contributed by atoms with van der Waals surface area (Å²) in [5, 5.41) is 4.40. The third-order valence-electron chi connectivity index (χ3n) is 6.44. The molecule has 1 aromatic heterocycles.